The molecule has 0 aliphatic carbocycles. The van der Waals surface area contributed by atoms with Gasteiger partial charge in [0.2, 0.25) is 5.13 Å². The number of carbonyl (C=O) groups is 1. The number of urea groups is 1. The van der Waals surface area contributed by atoms with Crippen LogP contribution in [0.5, 0.6) is 0 Å². The maximum absolute atomic E-state index is 13.8. The van der Waals surface area contributed by atoms with Crippen LogP contribution < -0.4 is 10.2 Å². The van der Waals surface area contributed by atoms with Gasteiger partial charge in [-0.2, -0.15) is 9.36 Å². The molecule has 0 radical (unpaired) electrons. The number of carbonyl (C=O) groups excluding carboxylic acids is 1. The average molecular weight is 415 g/mol. The predicted octanol–water partition coefficient (Wildman–Crippen LogP) is 4.23. The quantitative estimate of drug-likeness (QED) is 0.696. The highest BCUT2D eigenvalue weighted by Crippen LogP contribution is 2.25. The van der Waals surface area contributed by atoms with Crippen molar-refractivity contribution in [2.45, 2.75) is 6.42 Å². The first kappa shape index (κ1) is 19.3. The van der Waals surface area contributed by atoms with E-state index in [0.717, 1.165) is 35.8 Å². The minimum absolute atomic E-state index is 0.0332. The monoisotopic (exact) mass is 415 g/mol. The zero-order valence-electron chi connectivity index (χ0n) is 15.5. The van der Waals surface area contributed by atoms with Gasteiger partial charge in [-0.1, -0.05) is 30.3 Å². The molecule has 150 valence electrons. The lowest BCUT2D eigenvalue weighted by atomic mass is 10.2. The number of nitrogens with one attached hydrogen (secondary N) is 1. The van der Waals surface area contributed by atoms with Gasteiger partial charge in [-0.25, -0.2) is 13.6 Å². The Morgan fingerprint density at radius 2 is 1.86 bits per heavy atom. The lowest BCUT2D eigenvalue weighted by Crippen LogP contribution is -2.38. The van der Waals surface area contributed by atoms with Gasteiger partial charge >= 0.3 is 6.03 Å². The Kier molecular flexibility index (Phi) is 5.66. The van der Waals surface area contributed by atoms with E-state index in [1.165, 1.54) is 17.6 Å². The number of nitrogens with zero attached hydrogens (tertiary/aromatic N) is 4. The number of benzene rings is 2. The molecular weight excluding hydrogens is 396 g/mol. The third kappa shape index (κ3) is 4.51. The van der Waals surface area contributed by atoms with Gasteiger partial charge in [0.1, 0.15) is 11.6 Å². The summed E-state index contributed by atoms with van der Waals surface area (Å²) in [6.45, 7) is 2.35. The van der Waals surface area contributed by atoms with Crippen molar-refractivity contribution in [2.75, 3.05) is 36.4 Å². The Hall–Kier alpha value is -3.07. The highest BCUT2D eigenvalue weighted by atomic mass is 32.1. The van der Waals surface area contributed by atoms with Crippen LogP contribution in [0.25, 0.3) is 11.4 Å². The third-order valence-corrected chi connectivity index (χ3v) is 5.45. The maximum Gasteiger partial charge on any atom is 0.321 e. The predicted molar refractivity (Wildman–Crippen MR) is 109 cm³/mol. The van der Waals surface area contributed by atoms with Gasteiger partial charge in [-0.15, -0.1) is 0 Å². The molecule has 9 heteroatoms. The molecule has 0 bridgehead atoms. The van der Waals surface area contributed by atoms with Gasteiger partial charge in [0.05, 0.1) is 5.69 Å². The molecule has 1 aromatic heterocycles. The Labute approximate surface area is 171 Å². The molecule has 3 aromatic rings. The Morgan fingerprint density at radius 3 is 2.66 bits per heavy atom. The molecule has 1 saturated heterocycles. The molecule has 1 aliphatic heterocycles. The van der Waals surface area contributed by atoms with Gasteiger partial charge in [0.25, 0.3) is 0 Å². The number of anilines is 2. The van der Waals surface area contributed by atoms with E-state index in [-0.39, 0.29) is 5.69 Å². The second-order valence-corrected chi connectivity index (χ2v) is 7.38. The van der Waals surface area contributed by atoms with E-state index in [1.807, 2.05) is 30.3 Å². The zero-order valence-corrected chi connectivity index (χ0v) is 16.3. The summed E-state index contributed by atoms with van der Waals surface area (Å²) in [6.07, 6.45) is 0.750. The fourth-order valence-corrected chi connectivity index (χ4v) is 3.89. The Morgan fingerprint density at radius 1 is 1.03 bits per heavy atom. The van der Waals surface area contributed by atoms with E-state index >= 15 is 0 Å². The summed E-state index contributed by atoms with van der Waals surface area (Å²) in [5.41, 5.74) is 0.932. The fourth-order valence-electron chi connectivity index (χ4n) is 3.15. The van der Waals surface area contributed by atoms with Crippen molar-refractivity contribution < 1.29 is 13.6 Å². The average Bonchev–Trinajstić information content (AvgIpc) is 3.09. The summed E-state index contributed by atoms with van der Waals surface area (Å²) >= 11 is 1.34. The third-order valence-electron chi connectivity index (χ3n) is 4.67. The smallest absolute Gasteiger partial charge is 0.321 e. The van der Waals surface area contributed by atoms with Crippen LogP contribution >= 0.6 is 11.5 Å². The van der Waals surface area contributed by atoms with Gasteiger partial charge in [0.15, 0.2) is 5.82 Å². The van der Waals surface area contributed by atoms with Crippen molar-refractivity contribution in [3.05, 3.63) is 60.2 Å². The minimum Gasteiger partial charge on any atom is -0.345 e. The van der Waals surface area contributed by atoms with Crippen LogP contribution in [0.4, 0.5) is 24.4 Å². The van der Waals surface area contributed by atoms with E-state index in [1.54, 1.807) is 4.90 Å². The van der Waals surface area contributed by atoms with Gasteiger partial charge in [-0.3, -0.25) is 0 Å². The van der Waals surface area contributed by atoms with Crippen LogP contribution in [0.3, 0.4) is 0 Å². The first-order valence-corrected chi connectivity index (χ1v) is 10.0. The van der Waals surface area contributed by atoms with E-state index < -0.39 is 17.7 Å². The first-order chi connectivity index (χ1) is 14.1. The van der Waals surface area contributed by atoms with Gasteiger partial charge in [0, 0.05) is 49.3 Å². The van der Waals surface area contributed by atoms with Crippen LogP contribution in [0.1, 0.15) is 6.42 Å². The molecule has 29 heavy (non-hydrogen) atoms. The van der Waals surface area contributed by atoms with E-state index in [9.17, 15) is 13.6 Å². The van der Waals surface area contributed by atoms with Crippen molar-refractivity contribution in [1.82, 2.24) is 14.3 Å². The molecule has 1 aliphatic rings. The normalized spacial score (nSPS) is 14.6. The second-order valence-electron chi connectivity index (χ2n) is 6.65. The number of amides is 2. The van der Waals surface area contributed by atoms with Crippen LogP contribution in [-0.2, 0) is 0 Å². The number of hydrogen-bond acceptors (Lipinski definition) is 5. The molecule has 0 spiro atoms. The molecular formula is C20H19F2N5OS. The van der Waals surface area contributed by atoms with Crippen molar-refractivity contribution >= 4 is 28.4 Å². The summed E-state index contributed by atoms with van der Waals surface area (Å²) in [4.78, 5) is 20.9. The maximum atomic E-state index is 13.8. The van der Waals surface area contributed by atoms with E-state index in [4.69, 9.17) is 0 Å². The highest BCUT2D eigenvalue weighted by Gasteiger charge is 2.22. The standard InChI is InChI=1S/C20H19F2N5OS/c21-15-7-8-17(16(22)13-15)23-19(28)26-9-4-10-27(12-11-26)20-24-18(25-29-20)14-5-2-1-3-6-14/h1-3,5-8,13H,4,9-12H2,(H,23,28). The molecule has 2 heterocycles. The van der Waals surface area contributed by atoms with Crippen LogP contribution in [0, 0.1) is 11.6 Å². The zero-order chi connectivity index (χ0) is 20.2. The lowest BCUT2D eigenvalue weighted by Gasteiger charge is -2.22. The number of aromatic nitrogens is 2. The van der Waals surface area contributed by atoms with Gasteiger partial charge < -0.3 is 15.1 Å². The van der Waals surface area contributed by atoms with Crippen molar-refractivity contribution in [1.29, 1.82) is 0 Å². The number of halogens is 2. The number of hydrogen-bond donors (Lipinski definition) is 1. The largest absolute Gasteiger partial charge is 0.345 e. The van der Waals surface area contributed by atoms with Gasteiger partial charge in [-0.05, 0) is 18.6 Å². The second kappa shape index (κ2) is 8.52. The minimum atomic E-state index is -0.794. The fraction of sp³-hybridized carbons (Fsp3) is 0.250. The molecule has 6 nitrogen and oxygen atoms in total. The molecule has 0 atom stereocenters. The van der Waals surface area contributed by atoms with Crippen LogP contribution in [0.2, 0.25) is 0 Å². The van der Waals surface area contributed by atoms with Crippen LogP contribution in [0.15, 0.2) is 48.5 Å². The SMILES string of the molecule is O=C(Nc1ccc(F)cc1F)N1CCCN(c2nc(-c3ccccc3)ns2)CC1. The van der Waals surface area contributed by atoms with Crippen molar-refractivity contribution in [2.24, 2.45) is 0 Å². The van der Waals surface area contributed by atoms with Crippen LogP contribution in [-0.4, -0.2) is 46.5 Å². The molecule has 1 fully saturated rings. The summed E-state index contributed by atoms with van der Waals surface area (Å²) in [5, 5.41) is 3.33. The summed E-state index contributed by atoms with van der Waals surface area (Å²) in [7, 11) is 0. The summed E-state index contributed by atoms with van der Waals surface area (Å²) in [6, 6.07) is 12.5. The molecule has 1 N–H and O–H groups in total. The summed E-state index contributed by atoms with van der Waals surface area (Å²) in [5.74, 6) is -0.786. The topological polar surface area (TPSA) is 61.4 Å². The Bertz CT molecular complexity index is 998. The molecule has 4 rings (SSSR count). The van der Waals surface area contributed by atoms with E-state index in [0.29, 0.717) is 25.5 Å². The molecule has 0 saturated carbocycles. The number of rotatable bonds is 3. The molecule has 2 aromatic carbocycles. The molecule has 0 unspecified atom stereocenters. The van der Waals surface area contributed by atoms with Crippen molar-refractivity contribution in [3.63, 3.8) is 0 Å². The Balaban J connectivity index is 1.39. The lowest BCUT2D eigenvalue weighted by molar-refractivity contribution is 0.215. The van der Waals surface area contributed by atoms with E-state index in [2.05, 4.69) is 19.6 Å². The summed E-state index contributed by atoms with van der Waals surface area (Å²) < 4.78 is 31.3. The molecule has 2 amide bonds. The van der Waals surface area contributed by atoms with Crippen molar-refractivity contribution in [3.8, 4) is 11.4 Å². The highest BCUT2D eigenvalue weighted by molar-refractivity contribution is 7.09. The first-order valence-electron chi connectivity index (χ1n) is 9.25.